The van der Waals surface area contributed by atoms with Crippen molar-refractivity contribution in [2.45, 2.75) is 52.3 Å². The molecule has 1 heterocycles. The van der Waals surface area contributed by atoms with Gasteiger partial charge in [0, 0.05) is 29.6 Å². The lowest BCUT2D eigenvalue weighted by molar-refractivity contribution is -0.139. The van der Waals surface area contributed by atoms with E-state index in [0.29, 0.717) is 11.4 Å². The molecule has 0 spiro atoms. The second-order valence-electron chi connectivity index (χ2n) is 9.80. The first-order valence-corrected chi connectivity index (χ1v) is 12.5. The number of ketones is 1. The average Bonchev–Trinajstić information content (AvgIpc) is 2.89. The van der Waals surface area contributed by atoms with Gasteiger partial charge < -0.3 is 9.47 Å². The van der Waals surface area contributed by atoms with E-state index in [9.17, 15) is 27.6 Å². The lowest BCUT2D eigenvalue weighted by Crippen LogP contribution is -2.49. The Kier molecular flexibility index (Phi) is 9.51. The molecule has 0 saturated heterocycles. The minimum atomic E-state index is -4.71. The van der Waals surface area contributed by atoms with Gasteiger partial charge in [-0.25, -0.2) is 4.79 Å². The van der Waals surface area contributed by atoms with Crippen molar-refractivity contribution in [3.8, 4) is 16.9 Å². The zero-order valence-electron chi connectivity index (χ0n) is 22.5. The summed E-state index contributed by atoms with van der Waals surface area (Å²) in [5.41, 5.74) is 1.88. The molecule has 3 aromatic rings. The number of pyridine rings is 1. The number of nitrogens with zero attached hydrogens (tertiary/aromatic N) is 2. The molecule has 0 radical (unpaired) electrons. The van der Waals surface area contributed by atoms with Crippen molar-refractivity contribution in [3.05, 3.63) is 78.1 Å². The summed E-state index contributed by atoms with van der Waals surface area (Å²) in [6, 6.07) is 12.9. The minimum Gasteiger partial charge on any atom is -0.493 e. The number of rotatable bonds is 8. The predicted molar refractivity (Wildman–Crippen MR) is 143 cm³/mol. The zero-order valence-corrected chi connectivity index (χ0v) is 22.5. The van der Waals surface area contributed by atoms with Gasteiger partial charge in [0.05, 0.1) is 24.3 Å². The Hall–Kier alpha value is -4.41. The normalized spacial score (nSPS) is 11.5. The molecule has 0 aliphatic heterocycles. The van der Waals surface area contributed by atoms with Crippen LogP contribution in [0.25, 0.3) is 11.1 Å². The molecule has 0 fully saturated rings. The summed E-state index contributed by atoms with van der Waals surface area (Å²) < 4.78 is 51.3. The van der Waals surface area contributed by atoms with E-state index in [1.165, 1.54) is 0 Å². The first-order chi connectivity index (χ1) is 18.8. The van der Waals surface area contributed by atoms with E-state index < -0.39 is 47.3 Å². The van der Waals surface area contributed by atoms with E-state index in [1.54, 1.807) is 70.4 Å². The van der Waals surface area contributed by atoms with Crippen molar-refractivity contribution < 1.29 is 37.0 Å². The Bertz CT molecular complexity index is 1360. The van der Waals surface area contributed by atoms with Crippen LogP contribution in [-0.2, 0) is 15.7 Å². The van der Waals surface area contributed by atoms with Crippen molar-refractivity contribution in [2.75, 3.05) is 11.6 Å². The maximum absolute atomic E-state index is 13.5. The number of Topliss-reactive ketones (excluding diaryl/α,β-unsaturated/α-hetero) is 1. The van der Waals surface area contributed by atoms with Crippen LogP contribution in [0.4, 0.5) is 23.7 Å². The van der Waals surface area contributed by atoms with Gasteiger partial charge in [-0.05, 0) is 57.0 Å². The van der Waals surface area contributed by atoms with Crippen LogP contribution < -0.4 is 15.2 Å². The molecule has 2 aromatic carbocycles. The lowest BCUT2D eigenvalue weighted by Gasteiger charge is -2.28. The molecule has 2 amide bonds. The van der Waals surface area contributed by atoms with Crippen molar-refractivity contribution in [1.29, 1.82) is 0 Å². The van der Waals surface area contributed by atoms with E-state index in [4.69, 9.17) is 9.47 Å². The van der Waals surface area contributed by atoms with Crippen molar-refractivity contribution in [3.63, 3.8) is 0 Å². The first kappa shape index (κ1) is 30.1. The molecule has 0 bridgehead atoms. The quantitative estimate of drug-likeness (QED) is 0.190. The Balaban J connectivity index is 1.87. The number of nitrogens with one attached hydrogen (secondary N) is 1. The van der Waals surface area contributed by atoms with Gasteiger partial charge in [0.25, 0.3) is 0 Å². The minimum absolute atomic E-state index is 0.00204. The highest BCUT2D eigenvalue weighted by Crippen LogP contribution is 2.38. The molecule has 0 saturated carbocycles. The van der Waals surface area contributed by atoms with E-state index in [0.717, 1.165) is 29.3 Å². The van der Waals surface area contributed by atoms with Gasteiger partial charge in [0.1, 0.15) is 11.4 Å². The number of aromatic nitrogens is 1. The second kappa shape index (κ2) is 12.6. The smallest absolute Gasteiger partial charge is 0.434 e. The van der Waals surface area contributed by atoms with Gasteiger partial charge >= 0.3 is 12.3 Å². The molecular formula is C29H30F3N3O5. The number of benzene rings is 2. The highest BCUT2D eigenvalue weighted by Gasteiger charge is 2.35. The maximum atomic E-state index is 13.5. The van der Waals surface area contributed by atoms with Crippen LogP contribution in [0.5, 0.6) is 5.75 Å². The molecule has 1 aromatic heterocycles. The Morgan fingerprint density at radius 3 is 2.33 bits per heavy atom. The Morgan fingerprint density at radius 1 is 0.975 bits per heavy atom. The highest BCUT2D eigenvalue weighted by molar-refractivity contribution is 6.09. The van der Waals surface area contributed by atoms with Gasteiger partial charge in [0.15, 0.2) is 5.78 Å². The summed E-state index contributed by atoms with van der Waals surface area (Å²) in [5.74, 6) is -1.93. The van der Waals surface area contributed by atoms with E-state index in [2.05, 4.69) is 10.4 Å². The van der Waals surface area contributed by atoms with Crippen LogP contribution in [0.2, 0.25) is 0 Å². The summed E-state index contributed by atoms with van der Waals surface area (Å²) in [6.45, 7) is 6.50. The van der Waals surface area contributed by atoms with E-state index >= 15 is 0 Å². The van der Waals surface area contributed by atoms with Crippen molar-refractivity contribution in [1.82, 2.24) is 10.4 Å². The summed E-state index contributed by atoms with van der Waals surface area (Å²) >= 11 is 0. The number of alkyl halides is 3. The summed E-state index contributed by atoms with van der Waals surface area (Å²) in [4.78, 5) is 42.9. The van der Waals surface area contributed by atoms with Gasteiger partial charge in [-0.3, -0.25) is 20.0 Å². The molecular weight excluding hydrogens is 527 g/mol. The number of ether oxygens (including phenoxy) is 2. The van der Waals surface area contributed by atoms with Crippen LogP contribution >= 0.6 is 0 Å². The second-order valence-corrected chi connectivity index (χ2v) is 9.80. The largest absolute Gasteiger partial charge is 0.493 e. The standard InChI is InChI=1S/C29H30F3N3O5/c1-5-14-39-25-16-22(11-12-23(25)29(30,31)32)35(27(38)40-28(2,3)4)34-26(37)17-24(36)20-9-6-8-19(15-20)21-10-7-13-33-18-21/h6-13,15-16,18H,5,14,17H2,1-4H3,(H,34,37). The monoisotopic (exact) mass is 557 g/mol. The van der Waals surface area contributed by atoms with E-state index in [1.807, 2.05) is 6.07 Å². The third-order valence-electron chi connectivity index (χ3n) is 5.30. The average molecular weight is 558 g/mol. The summed E-state index contributed by atoms with van der Waals surface area (Å²) in [7, 11) is 0. The molecule has 40 heavy (non-hydrogen) atoms. The highest BCUT2D eigenvalue weighted by atomic mass is 19.4. The van der Waals surface area contributed by atoms with Gasteiger partial charge in [-0.2, -0.15) is 18.2 Å². The topological polar surface area (TPSA) is 97.8 Å². The summed E-state index contributed by atoms with van der Waals surface area (Å²) in [6.07, 6.45) is -2.72. The van der Waals surface area contributed by atoms with Gasteiger partial charge in [0.2, 0.25) is 5.91 Å². The molecule has 0 atom stereocenters. The first-order valence-electron chi connectivity index (χ1n) is 12.5. The SMILES string of the molecule is CCCOc1cc(N(NC(=O)CC(=O)c2cccc(-c3cccnc3)c2)C(=O)OC(C)(C)C)ccc1C(F)(F)F. The third-order valence-corrected chi connectivity index (χ3v) is 5.30. The van der Waals surface area contributed by atoms with Crippen LogP contribution in [0.1, 0.15) is 56.5 Å². The number of amides is 2. The molecule has 1 N–H and O–H groups in total. The molecule has 0 unspecified atom stereocenters. The number of carbonyl (C=O) groups is 3. The van der Waals surface area contributed by atoms with Crippen molar-refractivity contribution in [2.24, 2.45) is 0 Å². The Morgan fingerprint density at radius 2 is 1.70 bits per heavy atom. The summed E-state index contributed by atoms with van der Waals surface area (Å²) in [5, 5.41) is 0.659. The lowest BCUT2D eigenvalue weighted by atomic mass is 10.0. The fraction of sp³-hybridized carbons (Fsp3) is 0.310. The molecule has 8 nitrogen and oxygen atoms in total. The fourth-order valence-electron chi connectivity index (χ4n) is 3.56. The van der Waals surface area contributed by atoms with Gasteiger partial charge in [-0.1, -0.05) is 31.2 Å². The van der Waals surface area contributed by atoms with Gasteiger partial charge in [-0.15, -0.1) is 0 Å². The van der Waals surface area contributed by atoms with Crippen LogP contribution in [0.3, 0.4) is 0 Å². The molecule has 11 heteroatoms. The number of halogens is 3. The molecule has 3 rings (SSSR count). The molecule has 0 aliphatic rings. The Labute approximate surface area is 230 Å². The number of hydrogen-bond acceptors (Lipinski definition) is 6. The third kappa shape index (κ3) is 8.29. The van der Waals surface area contributed by atoms with E-state index in [-0.39, 0.29) is 17.9 Å². The van der Waals surface area contributed by atoms with Crippen LogP contribution in [0, 0.1) is 0 Å². The fourth-order valence-corrected chi connectivity index (χ4v) is 3.56. The van der Waals surface area contributed by atoms with Crippen molar-refractivity contribution >= 4 is 23.5 Å². The van der Waals surface area contributed by atoms with Crippen LogP contribution in [0.15, 0.2) is 67.0 Å². The van der Waals surface area contributed by atoms with Crippen LogP contribution in [-0.4, -0.2) is 35.0 Å². The zero-order chi connectivity index (χ0) is 29.5. The number of carbonyl (C=O) groups excluding carboxylic acids is 3. The maximum Gasteiger partial charge on any atom is 0.434 e. The molecule has 212 valence electrons. The predicted octanol–water partition coefficient (Wildman–Crippen LogP) is 6.60. The number of hydrogen-bond donors (Lipinski definition) is 1. The molecule has 0 aliphatic carbocycles. The number of hydrazine groups is 1. The number of anilines is 1.